The maximum Gasteiger partial charge on any atom is 0.269 e. The molecule has 0 aromatic heterocycles. The summed E-state index contributed by atoms with van der Waals surface area (Å²) in [6, 6.07) is 9.67. The summed E-state index contributed by atoms with van der Waals surface area (Å²) < 4.78 is 11.0. The molecule has 27 heavy (non-hydrogen) atoms. The molecule has 0 aliphatic heterocycles. The highest BCUT2D eigenvalue weighted by atomic mass is 16.6. The average molecular weight is 370 g/mol. The lowest BCUT2D eigenvalue weighted by molar-refractivity contribution is -0.384. The molecular formula is C20H22N2O5. The van der Waals surface area contributed by atoms with E-state index in [0.717, 1.165) is 5.56 Å². The number of non-ortho nitro benzene ring substituents is 1. The number of carbonyl (C=O) groups is 1. The Balaban J connectivity index is 2.09. The summed E-state index contributed by atoms with van der Waals surface area (Å²) >= 11 is 0. The lowest BCUT2D eigenvalue weighted by Gasteiger charge is -2.13. The predicted molar refractivity (Wildman–Crippen MR) is 104 cm³/mol. The number of hydrogen-bond acceptors (Lipinski definition) is 5. The molecule has 0 heterocycles. The molecule has 2 rings (SSSR count). The Morgan fingerprint density at radius 1 is 1.19 bits per heavy atom. The van der Waals surface area contributed by atoms with Gasteiger partial charge in [0, 0.05) is 23.9 Å². The van der Waals surface area contributed by atoms with Crippen LogP contribution in [0.1, 0.15) is 25.0 Å². The molecule has 0 fully saturated rings. The first-order valence-corrected chi connectivity index (χ1v) is 8.39. The Kier molecular flexibility index (Phi) is 6.54. The number of amides is 1. The molecule has 7 heteroatoms. The number of benzene rings is 2. The number of methoxy groups -OCH3 is 1. The number of rotatable bonds is 7. The second kappa shape index (κ2) is 8.84. The van der Waals surface area contributed by atoms with Gasteiger partial charge in [0.1, 0.15) is 0 Å². The fourth-order valence-electron chi connectivity index (χ4n) is 2.39. The molecule has 0 bridgehead atoms. The monoisotopic (exact) mass is 370 g/mol. The van der Waals surface area contributed by atoms with E-state index >= 15 is 0 Å². The van der Waals surface area contributed by atoms with Gasteiger partial charge in [-0.1, -0.05) is 6.07 Å². The molecule has 7 nitrogen and oxygen atoms in total. The topological polar surface area (TPSA) is 90.7 Å². The van der Waals surface area contributed by atoms with Crippen LogP contribution in [0.15, 0.2) is 42.5 Å². The number of aryl methyl sites for hydroxylation is 1. The van der Waals surface area contributed by atoms with Crippen molar-refractivity contribution >= 4 is 23.4 Å². The molecule has 1 N–H and O–H groups in total. The van der Waals surface area contributed by atoms with E-state index in [2.05, 4.69) is 5.32 Å². The summed E-state index contributed by atoms with van der Waals surface area (Å²) in [5, 5.41) is 13.5. The van der Waals surface area contributed by atoms with Crippen LogP contribution in [-0.4, -0.2) is 24.0 Å². The summed E-state index contributed by atoms with van der Waals surface area (Å²) in [6.07, 6.45) is 3.06. The number of anilines is 1. The molecule has 2 aromatic rings. The third-order valence-corrected chi connectivity index (χ3v) is 3.66. The molecule has 0 aliphatic rings. The summed E-state index contributed by atoms with van der Waals surface area (Å²) in [5.74, 6) is 0.876. The minimum atomic E-state index is -0.474. The van der Waals surface area contributed by atoms with E-state index in [1.807, 2.05) is 19.9 Å². The van der Waals surface area contributed by atoms with Crippen molar-refractivity contribution in [1.82, 2.24) is 0 Å². The Labute approximate surface area is 157 Å². The van der Waals surface area contributed by atoms with Crippen LogP contribution in [0.4, 0.5) is 11.4 Å². The first-order chi connectivity index (χ1) is 12.8. The van der Waals surface area contributed by atoms with E-state index in [0.29, 0.717) is 22.7 Å². The number of nitro groups is 1. The normalized spacial score (nSPS) is 10.9. The number of ether oxygens (including phenoxy) is 2. The Bertz CT molecular complexity index is 875. The van der Waals surface area contributed by atoms with Gasteiger partial charge in [-0.2, -0.15) is 0 Å². The van der Waals surface area contributed by atoms with Gasteiger partial charge >= 0.3 is 0 Å². The SMILES string of the molecule is COc1cc(/C=C/C(=O)Nc2ccc([N+](=O)[O-])cc2C)ccc1OC(C)C. The fraction of sp³-hybridized carbons (Fsp3) is 0.250. The van der Waals surface area contributed by atoms with Crippen molar-refractivity contribution < 1.29 is 19.2 Å². The van der Waals surface area contributed by atoms with Crippen molar-refractivity contribution in [2.75, 3.05) is 12.4 Å². The first kappa shape index (κ1) is 20.0. The summed E-state index contributed by atoms with van der Waals surface area (Å²) in [4.78, 5) is 22.4. The van der Waals surface area contributed by atoms with E-state index in [1.54, 1.807) is 32.2 Å². The van der Waals surface area contributed by atoms with Crippen LogP contribution in [0.2, 0.25) is 0 Å². The van der Waals surface area contributed by atoms with Gasteiger partial charge in [-0.3, -0.25) is 14.9 Å². The molecule has 0 unspecified atom stereocenters. The fourth-order valence-corrected chi connectivity index (χ4v) is 2.39. The van der Waals surface area contributed by atoms with Gasteiger partial charge in [0.25, 0.3) is 5.69 Å². The zero-order chi connectivity index (χ0) is 20.0. The Morgan fingerprint density at radius 2 is 1.93 bits per heavy atom. The summed E-state index contributed by atoms with van der Waals surface area (Å²) in [7, 11) is 1.56. The third kappa shape index (κ3) is 5.57. The highest BCUT2D eigenvalue weighted by molar-refractivity contribution is 6.02. The lowest BCUT2D eigenvalue weighted by Crippen LogP contribution is -2.09. The molecule has 0 spiro atoms. The largest absolute Gasteiger partial charge is 0.493 e. The predicted octanol–water partition coefficient (Wildman–Crippen LogP) is 4.35. The van der Waals surface area contributed by atoms with Crippen LogP contribution in [0, 0.1) is 17.0 Å². The van der Waals surface area contributed by atoms with E-state index in [-0.39, 0.29) is 17.7 Å². The third-order valence-electron chi connectivity index (χ3n) is 3.66. The minimum absolute atomic E-state index is 0.0168. The summed E-state index contributed by atoms with van der Waals surface area (Å²) in [5.41, 5.74) is 1.90. The lowest BCUT2D eigenvalue weighted by atomic mass is 10.1. The van der Waals surface area contributed by atoms with E-state index in [9.17, 15) is 14.9 Å². The van der Waals surface area contributed by atoms with E-state index in [1.165, 1.54) is 24.3 Å². The average Bonchev–Trinajstić information content (AvgIpc) is 2.61. The highest BCUT2D eigenvalue weighted by Crippen LogP contribution is 2.29. The molecular weight excluding hydrogens is 348 g/mol. The van der Waals surface area contributed by atoms with Gasteiger partial charge < -0.3 is 14.8 Å². The van der Waals surface area contributed by atoms with Crippen LogP contribution in [0.25, 0.3) is 6.08 Å². The van der Waals surface area contributed by atoms with Gasteiger partial charge in [-0.05, 0) is 56.2 Å². The van der Waals surface area contributed by atoms with Crippen molar-refractivity contribution in [1.29, 1.82) is 0 Å². The number of nitrogens with one attached hydrogen (secondary N) is 1. The van der Waals surface area contributed by atoms with E-state index < -0.39 is 4.92 Å². The van der Waals surface area contributed by atoms with Crippen LogP contribution in [-0.2, 0) is 4.79 Å². The number of nitrogens with zero attached hydrogens (tertiary/aromatic N) is 1. The van der Waals surface area contributed by atoms with Crippen molar-refractivity contribution in [3.05, 3.63) is 63.7 Å². The maximum atomic E-state index is 12.1. The molecule has 0 atom stereocenters. The minimum Gasteiger partial charge on any atom is -0.493 e. The zero-order valence-electron chi connectivity index (χ0n) is 15.7. The van der Waals surface area contributed by atoms with Crippen molar-refractivity contribution in [2.45, 2.75) is 26.9 Å². The molecule has 1 amide bonds. The number of hydrogen-bond donors (Lipinski definition) is 1. The molecule has 0 radical (unpaired) electrons. The summed E-state index contributed by atoms with van der Waals surface area (Å²) in [6.45, 7) is 5.56. The molecule has 0 saturated carbocycles. The van der Waals surface area contributed by atoms with Crippen LogP contribution < -0.4 is 14.8 Å². The molecule has 0 aliphatic carbocycles. The Hall–Kier alpha value is -3.35. The van der Waals surface area contributed by atoms with Gasteiger partial charge in [0.05, 0.1) is 18.1 Å². The van der Waals surface area contributed by atoms with Crippen LogP contribution in [0.5, 0.6) is 11.5 Å². The quantitative estimate of drug-likeness (QED) is 0.444. The number of nitro benzene ring substituents is 1. The standard InChI is InChI=1S/C20H22N2O5/c1-13(2)27-18-9-5-15(12-19(18)26-4)6-10-20(23)21-17-8-7-16(22(24)25)11-14(17)3/h5-13H,1-4H3,(H,21,23)/b10-6+. The molecule has 142 valence electrons. The van der Waals surface area contributed by atoms with Crippen LogP contribution in [0.3, 0.4) is 0 Å². The van der Waals surface area contributed by atoms with Gasteiger partial charge in [0.15, 0.2) is 11.5 Å². The van der Waals surface area contributed by atoms with Gasteiger partial charge in [-0.15, -0.1) is 0 Å². The highest BCUT2D eigenvalue weighted by Gasteiger charge is 2.10. The van der Waals surface area contributed by atoms with Crippen molar-refractivity contribution in [3.8, 4) is 11.5 Å². The van der Waals surface area contributed by atoms with Crippen molar-refractivity contribution in [2.24, 2.45) is 0 Å². The van der Waals surface area contributed by atoms with Crippen LogP contribution >= 0.6 is 0 Å². The van der Waals surface area contributed by atoms with Gasteiger partial charge in [0.2, 0.25) is 5.91 Å². The van der Waals surface area contributed by atoms with Gasteiger partial charge in [-0.25, -0.2) is 0 Å². The maximum absolute atomic E-state index is 12.1. The molecule has 2 aromatic carbocycles. The number of carbonyl (C=O) groups excluding carboxylic acids is 1. The molecule has 0 saturated heterocycles. The smallest absolute Gasteiger partial charge is 0.269 e. The second-order valence-corrected chi connectivity index (χ2v) is 6.16. The zero-order valence-corrected chi connectivity index (χ0v) is 15.7. The Morgan fingerprint density at radius 3 is 2.52 bits per heavy atom. The van der Waals surface area contributed by atoms with Crippen molar-refractivity contribution in [3.63, 3.8) is 0 Å². The second-order valence-electron chi connectivity index (χ2n) is 6.16. The van der Waals surface area contributed by atoms with E-state index in [4.69, 9.17) is 9.47 Å². The first-order valence-electron chi connectivity index (χ1n) is 8.39.